The van der Waals surface area contributed by atoms with Gasteiger partial charge in [-0.1, -0.05) is 30.3 Å². The minimum atomic E-state index is -3.53. The van der Waals surface area contributed by atoms with E-state index in [4.69, 9.17) is 0 Å². The average Bonchev–Trinajstić information content (AvgIpc) is 3.02. The van der Waals surface area contributed by atoms with E-state index in [-0.39, 0.29) is 6.04 Å². The van der Waals surface area contributed by atoms with Crippen LogP contribution in [0.15, 0.2) is 41.4 Å². The van der Waals surface area contributed by atoms with Crippen LogP contribution < -0.4 is 4.72 Å². The number of nitrogens with one attached hydrogen (secondary N) is 1. The van der Waals surface area contributed by atoms with Crippen molar-refractivity contribution in [2.45, 2.75) is 50.6 Å². The van der Waals surface area contributed by atoms with E-state index in [1.807, 2.05) is 13.0 Å². The SMILES string of the molecule is CCn1ncc(S(=O)(=O)N[C@H]2CCCN(CCc3ccccc3)C2)c1C. The monoisotopic (exact) mass is 376 g/mol. The summed E-state index contributed by atoms with van der Waals surface area (Å²) in [6.07, 6.45) is 4.33. The van der Waals surface area contributed by atoms with Crippen molar-refractivity contribution < 1.29 is 8.42 Å². The van der Waals surface area contributed by atoms with Gasteiger partial charge in [0.15, 0.2) is 0 Å². The fraction of sp³-hybridized carbons (Fsp3) is 0.526. The molecule has 1 saturated heterocycles. The molecule has 7 heteroatoms. The predicted octanol–water partition coefficient (Wildman–Crippen LogP) is 2.20. The van der Waals surface area contributed by atoms with Crippen LogP contribution in [-0.4, -0.2) is 48.8 Å². The first-order valence-corrected chi connectivity index (χ1v) is 10.8. The summed E-state index contributed by atoms with van der Waals surface area (Å²) in [5, 5.41) is 4.16. The maximum Gasteiger partial charge on any atom is 0.244 e. The molecule has 26 heavy (non-hydrogen) atoms. The third kappa shape index (κ3) is 4.52. The predicted molar refractivity (Wildman–Crippen MR) is 103 cm³/mol. The maximum absolute atomic E-state index is 12.8. The summed E-state index contributed by atoms with van der Waals surface area (Å²) in [5.74, 6) is 0. The van der Waals surface area contributed by atoms with E-state index in [0.717, 1.165) is 38.9 Å². The zero-order valence-corrected chi connectivity index (χ0v) is 16.4. The highest BCUT2D eigenvalue weighted by Gasteiger charge is 2.27. The molecule has 0 amide bonds. The van der Waals surface area contributed by atoms with Gasteiger partial charge < -0.3 is 4.90 Å². The highest BCUT2D eigenvalue weighted by atomic mass is 32.2. The van der Waals surface area contributed by atoms with Crippen molar-refractivity contribution >= 4 is 10.0 Å². The first-order chi connectivity index (χ1) is 12.5. The summed E-state index contributed by atoms with van der Waals surface area (Å²) in [4.78, 5) is 2.65. The Bertz CT molecular complexity index is 817. The topological polar surface area (TPSA) is 67.2 Å². The number of sulfonamides is 1. The number of piperidine rings is 1. The smallest absolute Gasteiger partial charge is 0.244 e. The molecule has 0 aliphatic carbocycles. The number of hydrogen-bond donors (Lipinski definition) is 1. The van der Waals surface area contributed by atoms with E-state index in [1.165, 1.54) is 11.8 Å². The van der Waals surface area contributed by atoms with Gasteiger partial charge in [-0.05, 0) is 45.2 Å². The van der Waals surface area contributed by atoms with Gasteiger partial charge in [0.05, 0.1) is 11.9 Å². The van der Waals surface area contributed by atoms with Gasteiger partial charge >= 0.3 is 0 Å². The second kappa shape index (κ2) is 8.33. The van der Waals surface area contributed by atoms with Crippen molar-refractivity contribution in [3.8, 4) is 0 Å². The van der Waals surface area contributed by atoms with Crippen LogP contribution in [0.4, 0.5) is 0 Å². The zero-order chi connectivity index (χ0) is 18.6. The van der Waals surface area contributed by atoms with Gasteiger partial charge in [0.1, 0.15) is 4.90 Å². The largest absolute Gasteiger partial charge is 0.301 e. The molecule has 1 aliphatic heterocycles. The fourth-order valence-corrected chi connectivity index (χ4v) is 5.02. The van der Waals surface area contributed by atoms with Gasteiger partial charge in [-0.3, -0.25) is 4.68 Å². The summed E-state index contributed by atoms with van der Waals surface area (Å²) in [7, 11) is -3.53. The number of nitrogens with zero attached hydrogens (tertiary/aromatic N) is 3. The van der Waals surface area contributed by atoms with Gasteiger partial charge in [-0.15, -0.1) is 0 Å². The van der Waals surface area contributed by atoms with Gasteiger partial charge in [-0.25, -0.2) is 13.1 Å². The Kier molecular flexibility index (Phi) is 6.11. The molecule has 0 spiro atoms. The Labute approximate surface area is 156 Å². The summed E-state index contributed by atoms with van der Waals surface area (Å²) in [6.45, 7) is 7.16. The van der Waals surface area contributed by atoms with E-state index >= 15 is 0 Å². The molecular weight excluding hydrogens is 348 g/mol. The summed E-state index contributed by atoms with van der Waals surface area (Å²) in [6, 6.07) is 10.4. The first-order valence-electron chi connectivity index (χ1n) is 9.30. The Morgan fingerprint density at radius 3 is 2.73 bits per heavy atom. The first kappa shape index (κ1) is 19.1. The molecule has 0 radical (unpaired) electrons. The molecule has 1 fully saturated rings. The lowest BCUT2D eigenvalue weighted by Gasteiger charge is -2.33. The number of aromatic nitrogens is 2. The van der Waals surface area contributed by atoms with Crippen LogP contribution in [0, 0.1) is 6.92 Å². The number of aryl methyl sites for hydroxylation is 1. The van der Waals surface area contributed by atoms with Gasteiger partial charge in [-0.2, -0.15) is 5.10 Å². The molecule has 1 aromatic carbocycles. The van der Waals surface area contributed by atoms with Gasteiger partial charge in [0.2, 0.25) is 10.0 Å². The molecule has 142 valence electrons. The highest BCUT2D eigenvalue weighted by Crippen LogP contribution is 2.18. The lowest BCUT2D eigenvalue weighted by atomic mass is 10.1. The molecule has 2 aromatic rings. The number of benzene rings is 1. The molecule has 1 aliphatic rings. The fourth-order valence-electron chi connectivity index (χ4n) is 3.58. The van der Waals surface area contributed by atoms with Crippen molar-refractivity contribution in [1.82, 2.24) is 19.4 Å². The van der Waals surface area contributed by atoms with Crippen LogP contribution in [0.3, 0.4) is 0 Å². The maximum atomic E-state index is 12.8. The molecule has 6 nitrogen and oxygen atoms in total. The van der Waals surface area contributed by atoms with E-state index in [9.17, 15) is 8.42 Å². The van der Waals surface area contributed by atoms with Crippen LogP contribution in [0.2, 0.25) is 0 Å². The van der Waals surface area contributed by atoms with E-state index < -0.39 is 10.0 Å². The molecule has 2 heterocycles. The van der Waals surface area contributed by atoms with E-state index in [1.54, 1.807) is 11.6 Å². The van der Waals surface area contributed by atoms with Crippen molar-refractivity contribution in [3.63, 3.8) is 0 Å². The number of hydrogen-bond acceptors (Lipinski definition) is 4. The summed E-state index contributed by atoms with van der Waals surface area (Å²) >= 11 is 0. The molecule has 3 rings (SSSR count). The number of likely N-dealkylation sites (tertiary alicyclic amines) is 1. The Morgan fingerprint density at radius 2 is 2.04 bits per heavy atom. The van der Waals surface area contributed by atoms with Crippen LogP contribution in [0.1, 0.15) is 31.0 Å². The molecule has 0 saturated carbocycles. The van der Waals surface area contributed by atoms with Crippen molar-refractivity contribution in [2.24, 2.45) is 0 Å². The molecular formula is C19H28N4O2S. The van der Waals surface area contributed by atoms with Crippen LogP contribution in [0.25, 0.3) is 0 Å². The third-order valence-corrected chi connectivity index (χ3v) is 6.66. The summed E-state index contributed by atoms with van der Waals surface area (Å²) in [5.41, 5.74) is 2.01. The minimum absolute atomic E-state index is 0.0473. The molecule has 1 aromatic heterocycles. The zero-order valence-electron chi connectivity index (χ0n) is 15.6. The molecule has 1 atom stereocenters. The van der Waals surface area contributed by atoms with Crippen molar-refractivity contribution in [2.75, 3.05) is 19.6 Å². The number of rotatable bonds is 7. The molecule has 1 N–H and O–H groups in total. The Hall–Kier alpha value is -1.70. The Morgan fingerprint density at radius 1 is 1.27 bits per heavy atom. The molecule has 0 bridgehead atoms. The lowest BCUT2D eigenvalue weighted by molar-refractivity contribution is 0.204. The van der Waals surface area contributed by atoms with Gasteiger partial charge in [0.25, 0.3) is 0 Å². The van der Waals surface area contributed by atoms with Crippen molar-refractivity contribution in [3.05, 3.63) is 47.8 Å². The second-order valence-electron chi connectivity index (χ2n) is 6.91. The van der Waals surface area contributed by atoms with Crippen LogP contribution in [0.5, 0.6) is 0 Å². The normalized spacial score (nSPS) is 18.9. The molecule has 0 unspecified atom stereocenters. The minimum Gasteiger partial charge on any atom is -0.301 e. The van der Waals surface area contributed by atoms with Crippen LogP contribution in [-0.2, 0) is 23.0 Å². The van der Waals surface area contributed by atoms with Crippen LogP contribution >= 0.6 is 0 Å². The standard InChI is InChI=1S/C19H28N4O2S/c1-3-23-16(2)19(14-20-23)26(24,25)21-18-10-7-12-22(15-18)13-11-17-8-5-4-6-9-17/h4-6,8-9,14,18,21H,3,7,10-13,15H2,1-2H3/t18-/m0/s1. The van der Waals surface area contributed by atoms with Crippen molar-refractivity contribution in [1.29, 1.82) is 0 Å². The second-order valence-corrected chi connectivity index (χ2v) is 8.59. The van der Waals surface area contributed by atoms with Gasteiger partial charge in [0, 0.05) is 25.7 Å². The third-order valence-electron chi connectivity index (χ3n) is 5.03. The highest BCUT2D eigenvalue weighted by molar-refractivity contribution is 7.89. The van der Waals surface area contributed by atoms with E-state index in [0.29, 0.717) is 17.1 Å². The van der Waals surface area contributed by atoms with E-state index in [2.05, 4.69) is 39.0 Å². The lowest BCUT2D eigenvalue weighted by Crippen LogP contribution is -2.48. The summed E-state index contributed by atoms with van der Waals surface area (Å²) < 4.78 is 30.1. The Balaban J connectivity index is 1.59. The quantitative estimate of drug-likeness (QED) is 0.804. The average molecular weight is 377 g/mol.